The molecular formula is C16H17ClN2O2. The van der Waals surface area contributed by atoms with Crippen LogP contribution in [0.3, 0.4) is 0 Å². The van der Waals surface area contributed by atoms with E-state index in [1.165, 1.54) is 12.1 Å². The topological polar surface area (TPSA) is 61.4 Å². The van der Waals surface area contributed by atoms with Crippen molar-refractivity contribution in [1.82, 2.24) is 0 Å². The van der Waals surface area contributed by atoms with Crippen LogP contribution in [0.25, 0.3) is 0 Å². The van der Waals surface area contributed by atoms with Crippen molar-refractivity contribution >= 4 is 28.9 Å². The first-order valence-corrected chi connectivity index (χ1v) is 7.00. The van der Waals surface area contributed by atoms with Gasteiger partial charge in [0.2, 0.25) is 0 Å². The number of phenolic OH excluding ortho intramolecular Hbond substituents is 1. The summed E-state index contributed by atoms with van der Waals surface area (Å²) in [6.07, 6.45) is 0. The van der Waals surface area contributed by atoms with Crippen LogP contribution >= 0.6 is 11.6 Å². The molecule has 1 amide bonds. The second-order valence-electron chi connectivity index (χ2n) is 4.96. The number of para-hydroxylation sites is 1. The summed E-state index contributed by atoms with van der Waals surface area (Å²) in [4.78, 5) is 12.4. The van der Waals surface area contributed by atoms with Crippen LogP contribution < -0.4 is 10.6 Å². The van der Waals surface area contributed by atoms with Crippen molar-refractivity contribution in [3.05, 3.63) is 53.1 Å². The Balaban J connectivity index is 2.22. The first kappa shape index (κ1) is 15.2. The summed E-state index contributed by atoms with van der Waals surface area (Å²) in [5, 5.41) is 15.6. The lowest BCUT2D eigenvalue weighted by Crippen LogP contribution is -2.17. The monoisotopic (exact) mass is 304 g/mol. The van der Waals surface area contributed by atoms with Crippen molar-refractivity contribution < 1.29 is 9.90 Å². The summed E-state index contributed by atoms with van der Waals surface area (Å²) in [5.74, 6) is -0.253. The van der Waals surface area contributed by atoms with E-state index < -0.39 is 0 Å². The number of aromatic hydroxyl groups is 1. The zero-order valence-corrected chi connectivity index (χ0v) is 12.6. The third-order valence-electron chi connectivity index (χ3n) is 2.82. The molecule has 0 aliphatic rings. The maximum atomic E-state index is 12.4. The summed E-state index contributed by atoms with van der Waals surface area (Å²) < 4.78 is 0. The third-order valence-corrected chi connectivity index (χ3v) is 3.12. The van der Waals surface area contributed by atoms with Crippen LogP contribution in [0, 0.1) is 0 Å². The van der Waals surface area contributed by atoms with E-state index in [9.17, 15) is 9.90 Å². The molecule has 0 atom stereocenters. The summed E-state index contributed by atoms with van der Waals surface area (Å²) in [7, 11) is 0. The van der Waals surface area contributed by atoms with Crippen LogP contribution in [-0.4, -0.2) is 17.1 Å². The van der Waals surface area contributed by atoms with E-state index in [0.717, 1.165) is 5.69 Å². The molecule has 5 heteroatoms. The molecule has 0 saturated carbocycles. The molecule has 110 valence electrons. The van der Waals surface area contributed by atoms with Crippen LogP contribution in [-0.2, 0) is 0 Å². The quantitative estimate of drug-likeness (QED) is 0.745. The molecule has 0 fully saturated rings. The molecule has 0 heterocycles. The Labute approximate surface area is 128 Å². The number of hydrogen-bond acceptors (Lipinski definition) is 3. The van der Waals surface area contributed by atoms with E-state index in [1.54, 1.807) is 12.1 Å². The molecule has 0 aliphatic heterocycles. The van der Waals surface area contributed by atoms with Crippen molar-refractivity contribution in [2.75, 3.05) is 10.6 Å². The van der Waals surface area contributed by atoms with Gasteiger partial charge in [-0.3, -0.25) is 4.79 Å². The highest BCUT2D eigenvalue weighted by Gasteiger charge is 2.12. The number of carbonyl (C=O) groups excluding carboxylic acids is 1. The number of rotatable bonds is 4. The van der Waals surface area contributed by atoms with Gasteiger partial charge >= 0.3 is 0 Å². The fraction of sp³-hybridized carbons (Fsp3) is 0.188. The molecule has 0 aromatic heterocycles. The lowest BCUT2D eigenvalue weighted by Gasteiger charge is -2.14. The SMILES string of the molecule is CC(C)Nc1ccccc1C(=O)Nc1ccc(O)c(Cl)c1. The van der Waals surface area contributed by atoms with Gasteiger partial charge in [0, 0.05) is 17.4 Å². The molecule has 0 spiro atoms. The number of phenols is 1. The van der Waals surface area contributed by atoms with Crippen molar-refractivity contribution in [3.63, 3.8) is 0 Å². The van der Waals surface area contributed by atoms with E-state index in [2.05, 4.69) is 10.6 Å². The van der Waals surface area contributed by atoms with E-state index >= 15 is 0 Å². The van der Waals surface area contributed by atoms with Crippen molar-refractivity contribution in [3.8, 4) is 5.75 Å². The van der Waals surface area contributed by atoms with Crippen molar-refractivity contribution in [2.24, 2.45) is 0 Å². The molecule has 4 nitrogen and oxygen atoms in total. The van der Waals surface area contributed by atoms with E-state index in [0.29, 0.717) is 11.3 Å². The van der Waals surface area contributed by atoms with Crippen molar-refractivity contribution in [1.29, 1.82) is 0 Å². The molecule has 2 aromatic carbocycles. The lowest BCUT2D eigenvalue weighted by atomic mass is 10.1. The number of hydrogen-bond donors (Lipinski definition) is 3. The van der Waals surface area contributed by atoms with Gasteiger partial charge in [-0.2, -0.15) is 0 Å². The Bertz CT molecular complexity index is 656. The van der Waals surface area contributed by atoms with E-state index in [-0.39, 0.29) is 22.7 Å². The largest absolute Gasteiger partial charge is 0.506 e. The van der Waals surface area contributed by atoms with Gasteiger partial charge in [0.25, 0.3) is 5.91 Å². The molecule has 2 rings (SSSR count). The molecular weight excluding hydrogens is 288 g/mol. The highest BCUT2D eigenvalue weighted by molar-refractivity contribution is 6.32. The van der Waals surface area contributed by atoms with Crippen LogP contribution in [0.15, 0.2) is 42.5 Å². The molecule has 2 aromatic rings. The van der Waals surface area contributed by atoms with Gasteiger partial charge in [-0.1, -0.05) is 23.7 Å². The Morgan fingerprint density at radius 1 is 1.19 bits per heavy atom. The first-order chi connectivity index (χ1) is 9.97. The van der Waals surface area contributed by atoms with E-state index in [1.807, 2.05) is 32.0 Å². The zero-order chi connectivity index (χ0) is 15.4. The average molecular weight is 305 g/mol. The summed E-state index contributed by atoms with van der Waals surface area (Å²) in [6, 6.07) is 12.1. The minimum Gasteiger partial charge on any atom is -0.506 e. The maximum absolute atomic E-state index is 12.4. The first-order valence-electron chi connectivity index (χ1n) is 6.63. The van der Waals surface area contributed by atoms with Crippen LogP contribution in [0.4, 0.5) is 11.4 Å². The van der Waals surface area contributed by atoms with Crippen molar-refractivity contribution in [2.45, 2.75) is 19.9 Å². The van der Waals surface area contributed by atoms with Gasteiger partial charge in [-0.05, 0) is 44.2 Å². The van der Waals surface area contributed by atoms with Crippen LogP contribution in [0.1, 0.15) is 24.2 Å². The molecule has 0 bridgehead atoms. The highest BCUT2D eigenvalue weighted by atomic mass is 35.5. The van der Waals surface area contributed by atoms with E-state index in [4.69, 9.17) is 11.6 Å². The Morgan fingerprint density at radius 2 is 1.90 bits per heavy atom. The Kier molecular flexibility index (Phi) is 4.70. The standard InChI is InChI=1S/C16H17ClN2O2/c1-10(2)18-14-6-4-3-5-12(14)16(21)19-11-7-8-15(20)13(17)9-11/h3-10,18,20H,1-2H3,(H,19,21). The summed E-state index contributed by atoms with van der Waals surface area (Å²) in [5.41, 5.74) is 1.85. The minimum atomic E-state index is -0.236. The minimum absolute atomic E-state index is 0.0171. The third kappa shape index (κ3) is 3.89. The normalized spacial score (nSPS) is 10.5. The van der Waals surface area contributed by atoms with Gasteiger partial charge in [0.05, 0.1) is 10.6 Å². The molecule has 3 N–H and O–H groups in total. The van der Waals surface area contributed by atoms with Crippen LogP contribution in [0.2, 0.25) is 5.02 Å². The van der Waals surface area contributed by atoms with Gasteiger partial charge < -0.3 is 15.7 Å². The molecule has 0 aliphatic carbocycles. The molecule has 0 radical (unpaired) electrons. The maximum Gasteiger partial charge on any atom is 0.257 e. The second-order valence-corrected chi connectivity index (χ2v) is 5.37. The summed E-state index contributed by atoms with van der Waals surface area (Å²) in [6.45, 7) is 4.02. The predicted octanol–water partition coefficient (Wildman–Crippen LogP) is 4.12. The number of anilines is 2. The predicted molar refractivity (Wildman–Crippen MR) is 86.3 cm³/mol. The smallest absolute Gasteiger partial charge is 0.257 e. The fourth-order valence-electron chi connectivity index (χ4n) is 1.90. The Morgan fingerprint density at radius 3 is 2.57 bits per heavy atom. The van der Waals surface area contributed by atoms with Gasteiger partial charge in [0.15, 0.2) is 0 Å². The zero-order valence-electron chi connectivity index (χ0n) is 11.9. The Hall–Kier alpha value is -2.20. The average Bonchev–Trinajstić information content (AvgIpc) is 2.43. The number of halogens is 1. The summed E-state index contributed by atoms with van der Waals surface area (Å²) >= 11 is 5.83. The molecule has 21 heavy (non-hydrogen) atoms. The van der Waals surface area contributed by atoms with Gasteiger partial charge in [-0.25, -0.2) is 0 Å². The number of nitrogens with one attached hydrogen (secondary N) is 2. The lowest BCUT2D eigenvalue weighted by molar-refractivity contribution is 0.102. The number of amides is 1. The fourth-order valence-corrected chi connectivity index (χ4v) is 2.08. The van der Waals surface area contributed by atoms with Crippen LogP contribution in [0.5, 0.6) is 5.75 Å². The number of carbonyl (C=O) groups is 1. The molecule has 0 saturated heterocycles. The van der Waals surface area contributed by atoms with Gasteiger partial charge in [0.1, 0.15) is 5.75 Å². The highest BCUT2D eigenvalue weighted by Crippen LogP contribution is 2.27. The number of benzene rings is 2. The second kappa shape index (κ2) is 6.50. The van der Waals surface area contributed by atoms with Gasteiger partial charge in [-0.15, -0.1) is 0 Å². The molecule has 0 unspecified atom stereocenters.